The van der Waals surface area contributed by atoms with Crippen molar-refractivity contribution in [3.63, 3.8) is 0 Å². The quantitative estimate of drug-likeness (QED) is 0.649. The molecule has 2 fully saturated rings. The number of aryl methyl sites for hydroxylation is 2. The number of nitrogens with one attached hydrogen (secondary N) is 1. The van der Waals surface area contributed by atoms with Crippen LogP contribution >= 0.6 is 0 Å². The fourth-order valence-electron chi connectivity index (χ4n) is 5.56. The van der Waals surface area contributed by atoms with Crippen molar-refractivity contribution in [1.29, 1.82) is 0 Å². The van der Waals surface area contributed by atoms with Crippen LogP contribution in [0.25, 0.3) is 0 Å². The summed E-state index contributed by atoms with van der Waals surface area (Å²) >= 11 is 0. The second-order valence-electron chi connectivity index (χ2n) is 9.21. The molecule has 0 radical (unpaired) electrons. The molecule has 172 valence electrons. The van der Waals surface area contributed by atoms with Gasteiger partial charge in [0.05, 0.1) is 5.69 Å². The van der Waals surface area contributed by atoms with E-state index in [9.17, 15) is 8.78 Å². The summed E-state index contributed by atoms with van der Waals surface area (Å²) in [6.07, 6.45) is 4.50. The lowest BCUT2D eigenvalue weighted by molar-refractivity contribution is 0.371. The molecule has 3 aromatic rings. The van der Waals surface area contributed by atoms with Gasteiger partial charge < -0.3 is 15.1 Å². The van der Waals surface area contributed by atoms with Gasteiger partial charge in [-0.1, -0.05) is 6.07 Å². The van der Waals surface area contributed by atoms with Crippen molar-refractivity contribution in [2.45, 2.75) is 38.8 Å². The molecule has 1 aromatic carbocycles. The van der Waals surface area contributed by atoms with Gasteiger partial charge in [0.1, 0.15) is 12.1 Å². The SMILES string of the molecule is Cc1ncnc(N2C[C@H]3CC[C@@H](C2)C3Nc2nc3n(n2)CCCN3c2cccc(F)c2)c1F. The van der Waals surface area contributed by atoms with Crippen molar-refractivity contribution in [3.8, 4) is 0 Å². The molecule has 8 nitrogen and oxygen atoms in total. The first-order chi connectivity index (χ1) is 16.1. The molecule has 0 amide bonds. The van der Waals surface area contributed by atoms with Crippen LogP contribution in [-0.2, 0) is 6.54 Å². The zero-order valence-electron chi connectivity index (χ0n) is 18.5. The summed E-state index contributed by atoms with van der Waals surface area (Å²) < 4.78 is 30.3. The second-order valence-corrected chi connectivity index (χ2v) is 9.21. The van der Waals surface area contributed by atoms with Crippen LogP contribution in [0.15, 0.2) is 30.6 Å². The third-order valence-electron chi connectivity index (χ3n) is 7.14. The number of fused-ring (bicyclic) bond motifs is 3. The van der Waals surface area contributed by atoms with Gasteiger partial charge in [0.25, 0.3) is 0 Å². The van der Waals surface area contributed by atoms with Gasteiger partial charge in [0.2, 0.25) is 11.9 Å². The minimum atomic E-state index is -0.329. The van der Waals surface area contributed by atoms with Crippen LogP contribution < -0.4 is 15.1 Å². The van der Waals surface area contributed by atoms with Crippen LogP contribution in [0, 0.1) is 30.4 Å². The predicted molar refractivity (Wildman–Crippen MR) is 121 cm³/mol. The highest BCUT2D eigenvalue weighted by Crippen LogP contribution is 2.40. The van der Waals surface area contributed by atoms with Crippen LogP contribution in [-0.4, -0.2) is 50.4 Å². The Bertz CT molecular complexity index is 1170. The number of halogens is 2. The van der Waals surface area contributed by atoms with Gasteiger partial charge in [-0.3, -0.25) is 0 Å². The molecule has 6 rings (SSSR count). The number of hydrogen-bond donors (Lipinski definition) is 1. The molecule has 1 unspecified atom stereocenters. The van der Waals surface area contributed by atoms with Gasteiger partial charge in [0, 0.05) is 37.9 Å². The lowest BCUT2D eigenvalue weighted by Crippen LogP contribution is -2.48. The molecule has 33 heavy (non-hydrogen) atoms. The maximum absolute atomic E-state index is 14.6. The number of aromatic nitrogens is 5. The van der Waals surface area contributed by atoms with Crippen LogP contribution in [0.2, 0.25) is 0 Å². The molecule has 1 N–H and O–H groups in total. The molecule has 3 atom stereocenters. The maximum atomic E-state index is 14.6. The molecule has 1 aliphatic carbocycles. The van der Waals surface area contributed by atoms with Crippen molar-refractivity contribution < 1.29 is 8.78 Å². The summed E-state index contributed by atoms with van der Waals surface area (Å²) in [6, 6.07) is 6.82. The van der Waals surface area contributed by atoms with Gasteiger partial charge >= 0.3 is 0 Å². The largest absolute Gasteiger partial charge is 0.353 e. The van der Waals surface area contributed by atoms with Gasteiger partial charge in [-0.2, -0.15) is 4.98 Å². The Hall–Kier alpha value is -3.30. The minimum Gasteiger partial charge on any atom is -0.353 e. The Labute approximate surface area is 190 Å². The molecule has 1 saturated carbocycles. The Morgan fingerprint density at radius 1 is 1.06 bits per heavy atom. The standard InChI is InChI=1S/C23H26F2N8/c1-14-19(25)21(27-13-26-14)31-11-15-6-7-16(12-31)20(15)28-22-29-23-32(8-3-9-33(23)30-22)18-5-2-4-17(24)10-18/h2,4-5,10,13,15-16,20H,3,6-9,11-12H2,1H3,(H,28,30)/t15-,16+,20?. The molecule has 4 heterocycles. The van der Waals surface area contributed by atoms with Crippen LogP contribution in [0.1, 0.15) is 25.0 Å². The zero-order chi connectivity index (χ0) is 22.5. The molecular weight excluding hydrogens is 426 g/mol. The van der Waals surface area contributed by atoms with Crippen LogP contribution in [0.3, 0.4) is 0 Å². The van der Waals surface area contributed by atoms with E-state index in [1.807, 2.05) is 15.6 Å². The summed E-state index contributed by atoms with van der Waals surface area (Å²) in [6.45, 7) is 4.71. The summed E-state index contributed by atoms with van der Waals surface area (Å²) in [4.78, 5) is 17.0. The topological polar surface area (TPSA) is 75.0 Å². The lowest BCUT2D eigenvalue weighted by atomic mass is 9.92. The van der Waals surface area contributed by atoms with E-state index >= 15 is 0 Å². The fourth-order valence-corrected chi connectivity index (χ4v) is 5.56. The van der Waals surface area contributed by atoms with E-state index in [1.54, 1.807) is 13.0 Å². The average Bonchev–Trinajstić information content (AvgIpc) is 3.31. The van der Waals surface area contributed by atoms with Crippen molar-refractivity contribution in [2.75, 3.05) is 34.8 Å². The van der Waals surface area contributed by atoms with E-state index in [4.69, 9.17) is 10.1 Å². The first-order valence-corrected chi connectivity index (χ1v) is 11.5. The molecular formula is C23H26F2N8. The first-order valence-electron chi connectivity index (χ1n) is 11.5. The first kappa shape index (κ1) is 20.3. The van der Waals surface area contributed by atoms with Gasteiger partial charge in [-0.15, -0.1) is 5.10 Å². The highest BCUT2D eigenvalue weighted by atomic mass is 19.1. The van der Waals surface area contributed by atoms with Crippen molar-refractivity contribution in [3.05, 3.63) is 47.9 Å². The monoisotopic (exact) mass is 452 g/mol. The van der Waals surface area contributed by atoms with Crippen molar-refractivity contribution >= 4 is 23.4 Å². The number of rotatable bonds is 4. The van der Waals surface area contributed by atoms with Crippen molar-refractivity contribution in [1.82, 2.24) is 24.7 Å². The lowest BCUT2D eigenvalue weighted by Gasteiger charge is -2.38. The van der Waals surface area contributed by atoms with E-state index in [0.29, 0.717) is 29.3 Å². The smallest absolute Gasteiger partial charge is 0.244 e. The summed E-state index contributed by atoms with van der Waals surface area (Å²) in [5.74, 6) is 1.87. The summed E-state index contributed by atoms with van der Waals surface area (Å²) in [5, 5.41) is 8.29. The summed E-state index contributed by atoms with van der Waals surface area (Å²) in [7, 11) is 0. The molecule has 2 aromatic heterocycles. The van der Waals surface area contributed by atoms with E-state index in [0.717, 1.165) is 57.1 Å². The van der Waals surface area contributed by atoms with E-state index in [-0.39, 0.29) is 17.7 Å². The molecule has 2 aliphatic heterocycles. The van der Waals surface area contributed by atoms with E-state index < -0.39 is 0 Å². The maximum Gasteiger partial charge on any atom is 0.244 e. The minimum absolute atomic E-state index is 0.235. The number of benzene rings is 1. The summed E-state index contributed by atoms with van der Waals surface area (Å²) in [5.41, 5.74) is 1.16. The van der Waals surface area contributed by atoms with Gasteiger partial charge in [0.15, 0.2) is 11.6 Å². The predicted octanol–water partition coefficient (Wildman–Crippen LogP) is 3.52. The molecule has 1 saturated heterocycles. The van der Waals surface area contributed by atoms with Crippen molar-refractivity contribution in [2.24, 2.45) is 11.8 Å². The Morgan fingerprint density at radius 2 is 1.88 bits per heavy atom. The van der Waals surface area contributed by atoms with Crippen LogP contribution in [0.5, 0.6) is 0 Å². The molecule has 2 bridgehead atoms. The number of anilines is 4. The van der Waals surface area contributed by atoms with E-state index in [1.165, 1.54) is 18.5 Å². The zero-order valence-corrected chi connectivity index (χ0v) is 18.5. The molecule has 3 aliphatic rings. The highest BCUT2D eigenvalue weighted by molar-refractivity contribution is 5.59. The Balaban J connectivity index is 1.21. The fraction of sp³-hybridized carbons (Fsp3) is 0.478. The van der Waals surface area contributed by atoms with Crippen LogP contribution in [0.4, 0.5) is 32.2 Å². The molecule has 0 spiro atoms. The van der Waals surface area contributed by atoms with E-state index in [2.05, 4.69) is 20.2 Å². The normalized spacial score (nSPS) is 24.2. The Kier molecular flexibility index (Phi) is 4.88. The Morgan fingerprint density at radius 3 is 2.67 bits per heavy atom. The molecule has 10 heteroatoms. The number of nitrogens with zero attached hydrogens (tertiary/aromatic N) is 7. The second kappa shape index (κ2) is 7.93. The number of piperidine rings is 1. The van der Waals surface area contributed by atoms with Gasteiger partial charge in [-0.25, -0.2) is 23.4 Å². The van der Waals surface area contributed by atoms with Gasteiger partial charge in [-0.05, 0) is 56.2 Å². The third-order valence-corrected chi connectivity index (χ3v) is 7.14. The third kappa shape index (κ3) is 3.57. The highest BCUT2D eigenvalue weighted by Gasteiger charge is 2.43. The average molecular weight is 453 g/mol. The number of hydrogen-bond acceptors (Lipinski definition) is 7.